The van der Waals surface area contributed by atoms with Crippen molar-refractivity contribution in [2.24, 2.45) is 5.92 Å². The smallest absolute Gasteiger partial charge is 0.294 e. The lowest BCUT2D eigenvalue weighted by molar-refractivity contribution is 0.0970. The number of hydrogen-bond donors (Lipinski definition) is 1. The van der Waals surface area contributed by atoms with Crippen LogP contribution in [0.15, 0.2) is 134 Å². The first-order chi connectivity index (χ1) is 26.2. The molecule has 0 saturated carbocycles. The SMILES string of the molecule is C=C1CN(c2cccc(Cl)c2)C(=O)c2nc(Cc3ccccc3)cn2C1.CC1CN(c2cccc(Cl)c2)C(=O)c2nc(Cc3ccccc3)cn2C1.CO. The highest BCUT2D eigenvalue weighted by Gasteiger charge is 2.30. The van der Waals surface area contributed by atoms with Gasteiger partial charge in [0, 0.05) is 79.9 Å². The van der Waals surface area contributed by atoms with E-state index in [1.807, 2.05) is 94.3 Å². The maximum absolute atomic E-state index is 13.2. The predicted octanol–water partition coefficient (Wildman–Crippen LogP) is 8.38. The molecule has 0 saturated heterocycles. The molecule has 0 radical (unpaired) electrons. The molecule has 4 heterocycles. The number of aliphatic hydroxyl groups excluding tert-OH is 1. The number of anilines is 2. The number of hydrogen-bond acceptors (Lipinski definition) is 5. The van der Waals surface area contributed by atoms with Gasteiger partial charge in [-0.1, -0.05) is 110 Å². The molecule has 2 aliphatic rings. The zero-order chi connectivity index (χ0) is 38.2. The fraction of sp³-hybridized carbons (Fsp3) is 0.209. The molecule has 1 unspecified atom stereocenters. The number of benzene rings is 4. The zero-order valence-electron chi connectivity index (χ0n) is 30.3. The lowest BCUT2D eigenvalue weighted by Gasteiger charge is -2.22. The predicted molar refractivity (Wildman–Crippen MR) is 216 cm³/mol. The number of aromatic nitrogens is 4. The van der Waals surface area contributed by atoms with Crippen LogP contribution in [0.25, 0.3) is 0 Å². The fourth-order valence-corrected chi connectivity index (χ4v) is 7.03. The van der Waals surface area contributed by atoms with Crippen molar-refractivity contribution in [3.63, 3.8) is 0 Å². The van der Waals surface area contributed by atoms with Crippen molar-refractivity contribution in [2.75, 3.05) is 30.0 Å². The molecule has 2 amide bonds. The van der Waals surface area contributed by atoms with E-state index < -0.39 is 0 Å². The number of nitrogens with zero attached hydrogens (tertiary/aromatic N) is 6. The van der Waals surface area contributed by atoms with Gasteiger partial charge in [0.2, 0.25) is 0 Å². The van der Waals surface area contributed by atoms with Crippen LogP contribution in [0.1, 0.15) is 50.7 Å². The molecule has 1 N–H and O–H groups in total. The minimum absolute atomic E-state index is 0.0732. The number of halogens is 2. The second-order valence-electron chi connectivity index (χ2n) is 13.3. The van der Waals surface area contributed by atoms with Crippen LogP contribution in [-0.2, 0) is 25.9 Å². The van der Waals surface area contributed by atoms with Gasteiger partial charge in [-0.3, -0.25) is 9.59 Å². The molecule has 0 fully saturated rings. The zero-order valence-corrected chi connectivity index (χ0v) is 31.8. The van der Waals surface area contributed by atoms with E-state index in [9.17, 15) is 9.59 Å². The van der Waals surface area contributed by atoms with Crippen molar-refractivity contribution in [1.29, 1.82) is 0 Å². The quantitative estimate of drug-likeness (QED) is 0.172. The Bertz CT molecular complexity index is 2230. The van der Waals surface area contributed by atoms with E-state index in [0.717, 1.165) is 48.4 Å². The van der Waals surface area contributed by atoms with Gasteiger partial charge in [0.15, 0.2) is 11.6 Å². The summed E-state index contributed by atoms with van der Waals surface area (Å²) in [5.74, 6) is 1.05. The number of imidazole rings is 2. The highest BCUT2D eigenvalue weighted by Crippen LogP contribution is 2.27. The Labute approximate surface area is 325 Å². The van der Waals surface area contributed by atoms with Gasteiger partial charge in [-0.05, 0) is 59.0 Å². The van der Waals surface area contributed by atoms with Gasteiger partial charge < -0.3 is 24.0 Å². The lowest BCUT2D eigenvalue weighted by atomic mass is 10.1. The average Bonchev–Trinajstić information content (AvgIpc) is 3.70. The first-order valence-electron chi connectivity index (χ1n) is 17.7. The molecule has 2 aromatic heterocycles. The van der Waals surface area contributed by atoms with Crippen molar-refractivity contribution in [3.05, 3.63) is 178 Å². The number of carbonyl (C=O) groups is 2. The summed E-state index contributed by atoms with van der Waals surface area (Å²) in [5, 5.41) is 8.22. The Morgan fingerprint density at radius 3 is 1.67 bits per heavy atom. The minimum Gasteiger partial charge on any atom is -0.400 e. The largest absolute Gasteiger partial charge is 0.400 e. The molecule has 8 rings (SSSR count). The van der Waals surface area contributed by atoms with Crippen molar-refractivity contribution >= 4 is 46.4 Å². The number of amides is 2. The van der Waals surface area contributed by atoms with Crippen LogP contribution < -0.4 is 9.80 Å². The van der Waals surface area contributed by atoms with Crippen molar-refractivity contribution in [1.82, 2.24) is 19.1 Å². The average molecular weight is 762 g/mol. The van der Waals surface area contributed by atoms with Crippen molar-refractivity contribution < 1.29 is 14.7 Å². The fourth-order valence-electron chi connectivity index (χ4n) is 6.66. The van der Waals surface area contributed by atoms with Gasteiger partial charge in [0.25, 0.3) is 11.8 Å². The first-order valence-corrected chi connectivity index (χ1v) is 18.4. The molecule has 6 aromatic rings. The summed E-state index contributed by atoms with van der Waals surface area (Å²) in [6.45, 7) is 8.74. The third-order valence-corrected chi connectivity index (χ3v) is 9.47. The normalized spacial score (nSPS) is 15.2. The molecule has 2 aliphatic heterocycles. The first kappa shape index (κ1) is 38.3. The number of aliphatic hydroxyl groups is 1. The Kier molecular flexibility index (Phi) is 12.4. The summed E-state index contributed by atoms with van der Waals surface area (Å²) in [4.78, 5) is 39.0. The monoisotopic (exact) mass is 760 g/mol. The highest BCUT2D eigenvalue weighted by atomic mass is 35.5. The highest BCUT2D eigenvalue weighted by molar-refractivity contribution is 6.31. The molecule has 1 atom stereocenters. The Morgan fingerprint density at radius 1 is 0.648 bits per heavy atom. The molecule has 11 heteroatoms. The topological polar surface area (TPSA) is 96.5 Å². The van der Waals surface area contributed by atoms with Crippen LogP contribution >= 0.6 is 23.2 Å². The van der Waals surface area contributed by atoms with Gasteiger partial charge in [0.1, 0.15) is 0 Å². The Morgan fingerprint density at radius 2 is 1.13 bits per heavy atom. The molecular weight excluding hydrogens is 719 g/mol. The van der Waals surface area contributed by atoms with Crippen LogP contribution in [0.3, 0.4) is 0 Å². The molecule has 54 heavy (non-hydrogen) atoms. The van der Waals surface area contributed by atoms with Gasteiger partial charge >= 0.3 is 0 Å². The second kappa shape index (κ2) is 17.6. The number of carbonyl (C=O) groups excluding carboxylic acids is 2. The maximum atomic E-state index is 13.2. The van der Waals surface area contributed by atoms with Gasteiger partial charge in [0.05, 0.1) is 11.4 Å². The maximum Gasteiger partial charge on any atom is 0.294 e. The molecule has 9 nitrogen and oxygen atoms in total. The molecular formula is C43H42Cl2N6O3. The van der Waals surface area contributed by atoms with E-state index in [1.54, 1.807) is 21.9 Å². The Balaban J connectivity index is 0.000000176. The standard InChI is InChI=1S/C21H20ClN3O.C21H18ClN3O.CH4O/c2*1-15-12-24-14-18(10-16-6-3-2-4-7-16)23-20(24)21(26)25(13-15)19-9-5-8-17(22)11-19;1-2/h2-9,11,14-15H,10,12-13H2,1H3;2-9,11,14H,1,10,12-13H2;2H,1H3. The molecule has 276 valence electrons. The summed E-state index contributed by atoms with van der Waals surface area (Å²) in [7, 11) is 1.00. The summed E-state index contributed by atoms with van der Waals surface area (Å²) in [6, 6.07) is 35.0. The van der Waals surface area contributed by atoms with Gasteiger partial charge in [-0.2, -0.15) is 0 Å². The molecule has 0 spiro atoms. The summed E-state index contributed by atoms with van der Waals surface area (Å²) in [6.07, 6.45) is 5.38. The summed E-state index contributed by atoms with van der Waals surface area (Å²) < 4.78 is 3.89. The van der Waals surface area contributed by atoms with Crippen LogP contribution in [0.4, 0.5) is 11.4 Å². The number of rotatable bonds is 6. The van der Waals surface area contributed by atoms with Gasteiger partial charge in [-0.15, -0.1) is 0 Å². The van der Waals surface area contributed by atoms with Gasteiger partial charge in [-0.25, -0.2) is 9.97 Å². The van der Waals surface area contributed by atoms with E-state index in [4.69, 9.17) is 28.3 Å². The van der Waals surface area contributed by atoms with Crippen LogP contribution in [-0.4, -0.2) is 56.2 Å². The molecule has 0 aliphatic carbocycles. The van der Waals surface area contributed by atoms with Crippen molar-refractivity contribution in [3.8, 4) is 0 Å². The van der Waals surface area contributed by atoms with Crippen molar-refractivity contribution in [2.45, 2.75) is 32.9 Å². The Hall–Kier alpha value is -5.48. The molecule has 4 aromatic carbocycles. The van der Waals surface area contributed by atoms with Crippen LogP contribution in [0.2, 0.25) is 10.0 Å². The lowest BCUT2D eigenvalue weighted by Crippen LogP contribution is -2.33. The van der Waals surface area contributed by atoms with Crippen LogP contribution in [0, 0.1) is 5.92 Å². The third-order valence-electron chi connectivity index (χ3n) is 9.00. The number of fused-ring (bicyclic) bond motifs is 2. The van der Waals surface area contributed by atoms with E-state index in [1.165, 1.54) is 11.1 Å². The minimum atomic E-state index is -0.134. The molecule has 0 bridgehead atoms. The van der Waals surface area contributed by atoms with E-state index in [0.29, 0.717) is 53.7 Å². The van der Waals surface area contributed by atoms with E-state index >= 15 is 0 Å². The summed E-state index contributed by atoms with van der Waals surface area (Å²) >= 11 is 12.2. The van der Waals surface area contributed by atoms with E-state index in [-0.39, 0.29) is 11.8 Å². The summed E-state index contributed by atoms with van der Waals surface area (Å²) in [5.41, 5.74) is 6.66. The second-order valence-corrected chi connectivity index (χ2v) is 14.2. The van der Waals surface area contributed by atoms with Crippen LogP contribution in [0.5, 0.6) is 0 Å². The van der Waals surface area contributed by atoms with E-state index in [2.05, 4.69) is 47.7 Å². The third kappa shape index (κ3) is 9.17.